The van der Waals surface area contributed by atoms with Crippen molar-refractivity contribution >= 4 is 21.8 Å². The van der Waals surface area contributed by atoms with Gasteiger partial charge in [-0.25, -0.2) is 18.1 Å². The van der Waals surface area contributed by atoms with Gasteiger partial charge in [0.05, 0.1) is 11.0 Å². The van der Waals surface area contributed by atoms with Crippen LogP contribution in [0.4, 0.5) is 4.79 Å². The van der Waals surface area contributed by atoms with Crippen molar-refractivity contribution in [2.24, 2.45) is 0 Å². The lowest BCUT2D eigenvalue weighted by Gasteiger charge is -2.22. The van der Waals surface area contributed by atoms with E-state index in [1.165, 1.54) is 31.2 Å². The van der Waals surface area contributed by atoms with Crippen LogP contribution in [0.3, 0.4) is 0 Å². The first-order chi connectivity index (χ1) is 9.70. The van der Waals surface area contributed by atoms with Crippen molar-refractivity contribution in [3.63, 3.8) is 0 Å². The molecule has 3 amide bonds. The normalized spacial score (nSPS) is 22.0. The van der Waals surface area contributed by atoms with Crippen LogP contribution < -0.4 is 5.32 Å². The van der Waals surface area contributed by atoms with E-state index in [1.54, 1.807) is 6.07 Å². The summed E-state index contributed by atoms with van der Waals surface area (Å²) in [5, 5.41) is 11.2. The Balaban J connectivity index is 2.40. The first-order valence-electron chi connectivity index (χ1n) is 6.02. The smallest absolute Gasteiger partial charge is 0.319 e. The van der Waals surface area contributed by atoms with E-state index in [-0.39, 0.29) is 11.4 Å². The van der Waals surface area contributed by atoms with E-state index in [4.69, 9.17) is 5.26 Å². The number of hydrogen-bond acceptors (Lipinski definition) is 5. The molecular weight excluding hydrogens is 294 g/mol. The summed E-state index contributed by atoms with van der Waals surface area (Å²) in [6.45, 7) is 1.18. The fourth-order valence-corrected chi connectivity index (χ4v) is 2.77. The zero-order valence-corrected chi connectivity index (χ0v) is 12.3. The molecular formula is C13H13N3O4S. The monoisotopic (exact) mass is 307 g/mol. The SMILES string of the molecule is C[C@@]1(c2ccc(S(C)(=O)=O)cc2)NC(=O)N(CC#N)C1=O. The van der Waals surface area contributed by atoms with Gasteiger partial charge in [-0.1, -0.05) is 12.1 Å². The Kier molecular flexibility index (Phi) is 3.47. The first-order valence-corrected chi connectivity index (χ1v) is 7.91. The number of nitrogens with one attached hydrogen (secondary N) is 1. The van der Waals surface area contributed by atoms with Crippen molar-refractivity contribution < 1.29 is 18.0 Å². The average molecular weight is 307 g/mol. The van der Waals surface area contributed by atoms with Crippen molar-refractivity contribution in [2.45, 2.75) is 17.4 Å². The highest BCUT2D eigenvalue weighted by Gasteiger charge is 2.48. The Morgan fingerprint density at radius 1 is 1.29 bits per heavy atom. The number of sulfone groups is 1. The highest BCUT2D eigenvalue weighted by molar-refractivity contribution is 7.90. The lowest BCUT2D eigenvalue weighted by atomic mass is 9.92. The number of nitriles is 1. The van der Waals surface area contributed by atoms with E-state index in [2.05, 4.69) is 5.32 Å². The molecule has 1 atom stereocenters. The summed E-state index contributed by atoms with van der Waals surface area (Å²) in [4.78, 5) is 25.0. The summed E-state index contributed by atoms with van der Waals surface area (Å²) < 4.78 is 22.8. The van der Waals surface area contributed by atoms with E-state index >= 15 is 0 Å². The molecule has 0 bridgehead atoms. The zero-order valence-electron chi connectivity index (χ0n) is 11.5. The number of benzene rings is 1. The second kappa shape index (κ2) is 4.86. The number of carbonyl (C=O) groups excluding carboxylic acids is 2. The predicted molar refractivity (Wildman–Crippen MR) is 72.8 cm³/mol. The summed E-state index contributed by atoms with van der Waals surface area (Å²) in [5.41, 5.74) is -0.849. The lowest BCUT2D eigenvalue weighted by Crippen LogP contribution is -2.40. The molecule has 0 spiro atoms. The molecule has 2 rings (SSSR count). The van der Waals surface area contributed by atoms with Gasteiger partial charge in [0.25, 0.3) is 5.91 Å². The van der Waals surface area contributed by atoms with E-state index in [0.717, 1.165) is 11.2 Å². The van der Waals surface area contributed by atoms with Crippen LogP contribution in [0, 0.1) is 11.3 Å². The number of nitrogens with zero attached hydrogens (tertiary/aromatic N) is 2. The fourth-order valence-electron chi connectivity index (χ4n) is 2.14. The maximum atomic E-state index is 12.3. The summed E-state index contributed by atoms with van der Waals surface area (Å²) >= 11 is 0. The topological polar surface area (TPSA) is 107 Å². The largest absolute Gasteiger partial charge is 0.326 e. The highest BCUT2D eigenvalue weighted by Crippen LogP contribution is 2.29. The van der Waals surface area contributed by atoms with Gasteiger partial charge < -0.3 is 5.32 Å². The molecule has 1 N–H and O–H groups in total. The molecule has 0 aliphatic carbocycles. The summed E-state index contributed by atoms with van der Waals surface area (Å²) in [5.74, 6) is -0.541. The van der Waals surface area contributed by atoms with E-state index in [9.17, 15) is 18.0 Å². The second-order valence-corrected chi connectivity index (χ2v) is 6.92. The molecule has 0 saturated carbocycles. The third-order valence-electron chi connectivity index (χ3n) is 3.36. The molecule has 0 aromatic heterocycles. The van der Waals surface area contributed by atoms with E-state index in [0.29, 0.717) is 5.56 Å². The van der Waals surface area contributed by atoms with Gasteiger partial charge in [-0.15, -0.1) is 0 Å². The van der Waals surface area contributed by atoms with Crippen LogP contribution in [0.1, 0.15) is 12.5 Å². The Labute approximate surface area is 122 Å². The van der Waals surface area contributed by atoms with Crippen molar-refractivity contribution in [2.75, 3.05) is 12.8 Å². The van der Waals surface area contributed by atoms with Gasteiger partial charge in [0.15, 0.2) is 9.84 Å². The minimum atomic E-state index is -3.33. The van der Waals surface area contributed by atoms with E-state index in [1.807, 2.05) is 0 Å². The standard InChI is InChI=1S/C13H13N3O4S/c1-13(11(17)16(8-7-14)12(18)15-13)9-3-5-10(6-4-9)21(2,19)20/h3-6H,8H2,1-2H3,(H,15,18)/t13-/m0/s1. The lowest BCUT2D eigenvalue weighted by molar-refractivity contribution is -0.130. The minimum Gasteiger partial charge on any atom is -0.319 e. The fraction of sp³-hybridized carbons (Fsp3) is 0.308. The number of urea groups is 1. The van der Waals surface area contributed by atoms with Crippen LogP contribution >= 0.6 is 0 Å². The maximum Gasteiger partial charge on any atom is 0.326 e. The van der Waals surface area contributed by atoms with Crippen LogP contribution in [-0.2, 0) is 20.2 Å². The number of amides is 3. The summed E-state index contributed by atoms with van der Waals surface area (Å²) in [7, 11) is -3.33. The third-order valence-corrected chi connectivity index (χ3v) is 4.49. The molecule has 1 aliphatic heterocycles. The Hall–Kier alpha value is -2.40. The van der Waals surface area contributed by atoms with Crippen molar-refractivity contribution in [3.8, 4) is 6.07 Å². The van der Waals surface area contributed by atoms with Gasteiger partial charge >= 0.3 is 6.03 Å². The van der Waals surface area contributed by atoms with Gasteiger partial charge in [0, 0.05) is 6.26 Å². The van der Waals surface area contributed by atoms with Crippen LogP contribution in [0.2, 0.25) is 0 Å². The first kappa shape index (κ1) is 15.0. The number of hydrogen-bond donors (Lipinski definition) is 1. The van der Waals surface area contributed by atoms with Gasteiger partial charge in [-0.05, 0) is 24.6 Å². The number of carbonyl (C=O) groups is 2. The van der Waals surface area contributed by atoms with Gasteiger partial charge in [-0.3, -0.25) is 4.79 Å². The van der Waals surface area contributed by atoms with Crippen LogP contribution in [0.5, 0.6) is 0 Å². The minimum absolute atomic E-state index is 0.125. The Bertz CT molecular complexity index is 749. The maximum absolute atomic E-state index is 12.3. The molecule has 110 valence electrons. The van der Waals surface area contributed by atoms with Gasteiger partial charge in [0.1, 0.15) is 12.1 Å². The molecule has 21 heavy (non-hydrogen) atoms. The Morgan fingerprint density at radius 2 is 1.86 bits per heavy atom. The van der Waals surface area contributed by atoms with Crippen LogP contribution in [0.25, 0.3) is 0 Å². The van der Waals surface area contributed by atoms with Crippen molar-refractivity contribution in [1.82, 2.24) is 10.2 Å². The van der Waals surface area contributed by atoms with Crippen molar-refractivity contribution in [3.05, 3.63) is 29.8 Å². The summed E-state index contributed by atoms with van der Waals surface area (Å²) in [6.07, 6.45) is 1.08. The Morgan fingerprint density at radius 3 is 2.33 bits per heavy atom. The van der Waals surface area contributed by atoms with Gasteiger partial charge in [-0.2, -0.15) is 5.26 Å². The molecule has 0 radical (unpaired) electrons. The molecule has 7 nitrogen and oxygen atoms in total. The molecule has 1 aliphatic rings. The number of rotatable bonds is 3. The molecule has 0 unspecified atom stereocenters. The van der Waals surface area contributed by atoms with Crippen LogP contribution in [0.15, 0.2) is 29.2 Å². The van der Waals surface area contributed by atoms with Crippen LogP contribution in [-0.4, -0.2) is 38.1 Å². The quantitative estimate of drug-likeness (QED) is 0.641. The number of imide groups is 1. The zero-order chi connectivity index (χ0) is 15.8. The second-order valence-electron chi connectivity index (χ2n) is 4.90. The summed E-state index contributed by atoms with van der Waals surface area (Å²) in [6, 6.07) is 6.82. The van der Waals surface area contributed by atoms with E-state index < -0.39 is 27.3 Å². The molecule has 1 fully saturated rings. The molecule has 1 aromatic carbocycles. The van der Waals surface area contributed by atoms with Crippen molar-refractivity contribution in [1.29, 1.82) is 5.26 Å². The molecule has 1 heterocycles. The highest BCUT2D eigenvalue weighted by atomic mass is 32.2. The predicted octanol–water partition coefficient (Wildman–Crippen LogP) is 0.381. The molecule has 1 aromatic rings. The molecule has 8 heteroatoms. The average Bonchev–Trinajstić information content (AvgIpc) is 2.63. The third kappa shape index (κ3) is 2.48. The van der Waals surface area contributed by atoms with Gasteiger partial charge in [0.2, 0.25) is 0 Å². The molecule has 1 saturated heterocycles.